The van der Waals surface area contributed by atoms with Crippen LogP contribution < -0.4 is 5.32 Å². The number of nitrogens with one attached hydrogen (secondary N) is 1. The van der Waals surface area contributed by atoms with Crippen molar-refractivity contribution < 1.29 is 0 Å². The highest BCUT2D eigenvalue weighted by molar-refractivity contribution is 5.79. The molecule has 2 heteroatoms. The number of pyridine rings is 1. The van der Waals surface area contributed by atoms with Crippen LogP contribution in [0.5, 0.6) is 0 Å². The van der Waals surface area contributed by atoms with E-state index in [1.807, 2.05) is 12.3 Å². The minimum Gasteiger partial charge on any atom is -0.313 e. The molecule has 0 saturated heterocycles. The Morgan fingerprint density at radius 3 is 2.70 bits per heavy atom. The zero-order valence-corrected chi connectivity index (χ0v) is 12.5. The van der Waals surface area contributed by atoms with Crippen LogP contribution in [0, 0.1) is 11.8 Å². The summed E-state index contributed by atoms with van der Waals surface area (Å²) in [4.78, 5) is 4.41. The maximum Gasteiger partial charge on any atom is 0.0702 e. The first-order chi connectivity index (χ1) is 9.78. The lowest BCUT2D eigenvalue weighted by Gasteiger charge is -2.33. The zero-order valence-electron chi connectivity index (χ0n) is 12.5. The van der Waals surface area contributed by atoms with E-state index < -0.39 is 0 Å². The van der Waals surface area contributed by atoms with Gasteiger partial charge >= 0.3 is 0 Å². The van der Waals surface area contributed by atoms with E-state index in [2.05, 4.69) is 48.5 Å². The number of benzene rings is 1. The van der Waals surface area contributed by atoms with Crippen molar-refractivity contribution in [1.29, 1.82) is 0 Å². The largest absolute Gasteiger partial charge is 0.313 e. The number of nitrogens with zero attached hydrogens (tertiary/aromatic N) is 1. The lowest BCUT2D eigenvalue weighted by atomic mass is 9.77. The summed E-state index contributed by atoms with van der Waals surface area (Å²) in [6, 6.07) is 11.4. The van der Waals surface area contributed by atoms with Gasteiger partial charge in [-0.1, -0.05) is 31.9 Å². The first-order valence-electron chi connectivity index (χ1n) is 7.80. The van der Waals surface area contributed by atoms with E-state index in [1.165, 1.54) is 36.6 Å². The second kappa shape index (κ2) is 5.92. The third-order valence-corrected chi connectivity index (χ3v) is 4.83. The summed E-state index contributed by atoms with van der Waals surface area (Å²) in [6.07, 6.45) is 7.30. The third kappa shape index (κ3) is 2.71. The van der Waals surface area contributed by atoms with Crippen molar-refractivity contribution >= 4 is 10.9 Å². The highest BCUT2D eigenvalue weighted by Gasteiger charge is 2.26. The quantitative estimate of drug-likeness (QED) is 0.896. The summed E-state index contributed by atoms with van der Waals surface area (Å²) < 4.78 is 0. The number of aromatic nitrogens is 1. The average molecular weight is 268 g/mol. The summed E-state index contributed by atoms with van der Waals surface area (Å²) in [7, 11) is 2.09. The van der Waals surface area contributed by atoms with E-state index >= 15 is 0 Å². The molecular formula is C18H24N2. The van der Waals surface area contributed by atoms with Crippen LogP contribution in [0.3, 0.4) is 0 Å². The van der Waals surface area contributed by atoms with Crippen molar-refractivity contribution in [2.75, 3.05) is 7.05 Å². The van der Waals surface area contributed by atoms with Gasteiger partial charge in [-0.25, -0.2) is 0 Å². The van der Waals surface area contributed by atoms with Gasteiger partial charge in [0, 0.05) is 17.6 Å². The highest BCUT2D eigenvalue weighted by Crippen LogP contribution is 2.37. The van der Waals surface area contributed by atoms with Crippen molar-refractivity contribution in [1.82, 2.24) is 10.3 Å². The van der Waals surface area contributed by atoms with Gasteiger partial charge in [0.25, 0.3) is 0 Å². The van der Waals surface area contributed by atoms with Crippen molar-refractivity contribution in [2.24, 2.45) is 11.8 Å². The van der Waals surface area contributed by atoms with Gasteiger partial charge < -0.3 is 5.32 Å². The zero-order chi connectivity index (χ0) is 13.9. The fourth-order valence-corrected chi connectivity index (χ4v) is 3.58. The molecule has 0 aliphatic heterocycles. The first-order valence-corrected chi connectivity index (χ1v) is 7.80. The maximum atomic E-state index is 4.41. The van der Waals surface area contributed by atoms with E-state index in [4.69, 9.17) is 0 Å². The topological polar surface area (TPSA) is 24.9 Å². The van der Waals surface area contributed by atoms with Crippen LogP contribution in [0.1, 0.15) is 44.2 Å². The van der Waals surface area contributed by atoms with Gasteiger partial charge in [0.05, 0.1) is 5.52 Å². The normalized spacial score (nSPS) is 24.7. The van der Waals surface area contributed by atoms with Crippen LogP contribution in [0.25, 0.3) is 10.9 Å². The molecule has 2 nitrogen and oxygen atoms in total. The number of hydrogen-bond donors (Lipinski definition) is 1. The fraction of sp³-hybridized carbons (Fsp3) is 0.500. The van der Waals surface area contributed by atoms with Crippen molar-refractivity contribution in [3.63, 3.8) is 0 Å². The van der Waals surface area contributed by atoms with Gasteiger partial charge in [0.15, 0.2) is 0 Å². The molecular weight excluding hydrogens is 244 g/mol. The highest BCUT2D eigenvalue weighted by atomic mass is 14.9. The van der Waals surface area contributed by atoms with E-state index in [-0.39, 0.29) is 0 Å². The molecule has 1 atom stereocenters. The van der Waals surface area contributed by atoms with E-state index in [0.29, 0.717) is 6.04 Å². The molecule has 0 radical (unpaired) electrons. The predicted molar refractivity (Wildman–Crippen MR) is 84.7 cm³/mol. The monoisotopic (exact) mass is 268 g/mol. The Morgan fingerprint density at radius 2 is 1.95 bits per heavy atom. The van der Waals surface area contributed by atoms with Crippen molar-refractivity contribution in [3.8, 4) is 0 Å². The Kier molecular flexibility index (Phi) is 4.02. The second-order valence-corrected chi connectivity index (χ2v) is 6.24. The molecule has 20 heavy (non-hydrogen) atoms. The number of hydrogen-bond acceptors (Lipinski definition) is 2. The lowest BCUT2D eigenvalue weighted by molar-refractivity contribution is 0.238. The maximum absolute atomic E-state index is 4.41. The van der Waals surface area contributed by atoms with Crippen LogP contribution in [-0.2, 0) is 0 Å². The molecule has 1 aromatic carbocycles. The van der Waals surface area contributed by atoms with Gasteiger partial charge in [-0.3, -0.25) is 4.98 Å². The van der Waals surface area contributed by atoms with E-state index in [0.717, 1.165) is 17.4 Å². The van der Waals surface area contributed by atoms with Gasteiger partial charge in [-0.05, 0) is 55.5 Å². The first kappa shape index (κ1) is 13.6. The number of rotatable bonds is 3. The molecule has 0 bridgehead atoms. The standard InChI is InChI=1S/C18H24N2/c1-13-5-7-14(8-6-13)18(19-2)16-9-10-17-15(12-16)4-3-11-20-17/h3-4,9-14,18-19H,5-8H2,1-2H3. The molecule has 1 N–H and O–H groups in total. The Hall–Kier alpha value is -1.41. The Labute approximate surface area is 121 Å². The second-order valence-electron chi connectivity index (χ2n) is 6.24. The summed E-state index contributed by atoms with van der Waals surface area (Å²) in [5.74, 6) is 1.68. The van der Waals surface area contributed by atoms with Crippen LogP contribution in [-0.4, -0.2) is 12.0 Å². The van der Waals surface area contributed by atoms with Crippen LogP contribution in [0.4, 0.5) is 0 Å². The van der Waals surface area contributed by atoms with Crippen LogP contribution >= 0.6 is 0 Å². The molecule has 1 fully saturated rings. The van der Waals surface area contributed by atoms with Crippen LogP contribution in [0.15, 0.2) is 36.5 Å². The average Bonchev–Trinajstić information content (AvgIpc) is 2.50. The molecule has 0 spiro atoms. The summed E-state index contributed by atoms with van der Waals surface area (Å²) in [6.45, 7) is 2.38. The predicted octanol–water partition coefficient (Wildman–Crippen LogP) is 4.32. The van der Waals surface area contributed by atoms with Gasteiger partial charge in [0.1, 0.15) is 0 Å². The molecule has 1 aromatic heterocycles. The Morgan fingerprint density at radius 1 is 1.15 bits per heavy atom. The molecule has 1 unspecified atom stereocenters. The molecule has 106 valence electrons. The molecule has 1 saturated carbocycles. The SMILES string of the molecule is CNC(c1ccc2ncccc2c1)C1CCC(C)CC1. The van der Waals surface area contributed by atoms with Gasteiger partial charge in [0.2, 0.25) is 0 Å². The fourth-order valence-electron chi connectivity index (χ4n) is 3.58. The van der Waals surface area contributed by atoms with Crippen LogP contribution in [0.2, 0.25) is 0 Å². The minimum atomic E-state index is 0.479. The van der Waals surface area contributed by atoms with E-state index in [9.17, 15) is 0 Å². The van der Waals surface area contributed by atoms with E-state index in [1.54, 1.807) is 0 Å². The number of fused-ring (bicyclic) bond motifs is 1. The minimum absolute atomic E-state index is 0.479. The lowest BCUT2D eigenvalue weighted by Crippen LogP contribution is -2.28. The summed E-state index contributed by atoms with van der Waals surface area (Å²) in [5.41, 5.74) is 2.50. The Bertz CT molecular complexity index is 570. The molecule has 0 amide bonds. The third-order valence-electron chi connectivity index (χ3n) is 4.83. The molecule has 1 heterocycles. The summed E-state index contributed by atoms with van der Waals surface area (Å²) >= 11 is 0. The smallest absolute Gasteiger partial charge is 0.0702 e. The van der Waals surface area contributed by atoms with Gasteiger partial charge in [-0.2, -0.15) is 0 Å². The molecule has 1 aliphatic rings. The van der Waals surface area contributed by atoms with Crippen molar-refractivity contribution in [2.45, 2.75) is 38.6 Å². The molecule has 2 aromatic rings. The van der Waals surface area contributed by atoms with Crippen molar-refractivity contribution in [3.05, 3.63) is 42.1 Å². The molecule has 3 rings (SSSR count). The summed E-state index contributed by atoms with van der Waals surface area (Å²) in [5, 5.41) is 4.79. The Balaban J connectivity index is 1.87. The van der Waals surface area contributed by atoms with Gasteiger partial charge in [-0.15, -0.1) is 0 Å². The molecule has 1 aliphatic carbocycles.